The molecule has 0 radical (unpaired) electrons. The van der Waals surface area contributed by atoms with Crippen LogP contribution in [0.1, 0.15) is 22.3 Å². The molecule has 0 saturated carbocycles. The van der Waals surface area contributed by atoms with E-state index in [-0.39, 0.29) is 34.1 Å². The van der Waals surface area contributed by atoms with Crippen LogP contribution in [-0.4, -0.2) is 0 Å². The van der Waals surface area contributed by atoms with Crippen LogP contribution in [0.3, 0.4) is 0 Å². The summed E-state index contributed by atoms with van der Waals surface area (Å²) >= 11 is 0. The molecule has 0 unspecified atom stereocenters. The summed E-state index contributed by atoms with van der Waals surface area (Å²) in [6.45, 7) is 3.71. The van der Waals surface area contributed by atoms with E-state index in [1.807, 2.05) is 13.8 Å². The van der Waals surface area contributed by atoms with E-state index < -0.39 is 23.5 Å². The van der Waals surface area contributed by atoms with Gasteiger partial charge in [0.2, 0.25) is 0 Å². The summed E-state index contributed by atoms with van der Waals surface area (Å²) in [4.78, 5) is 0. The number of alkyl halides is 6. The SMILES string of the molecule is Cc1ccc(Oc2ccc(-c3cccc(-c4ccc(Oc5ccc(C)cc5)c(C(F)(F)F)c4)c3)cc2C(F)(F)F)cc1. The van der Waals surface area contributed by atoms with Gasteiger partial charge in [-0.15, -0.1) is 0 Å². The Kier molecular flexibility index (Phi) is 7.73. The van der Waals surface area contributed by atoms with Gasteiger partial charge in [0.15, 0.2) is 0 Å². The largest absolute Gasteiger partial charge is 0.457 e. The predicted molar refractivity (Wildman–Crippen MR) is 150 cm³/mol. The van der Waals surface area contributed by atoms with Gasteiger partial charge in [0.25, 0.3) is 0 Å². The first-order chi connectivity index (χ1) is 19.9. The van der Waals surface area contributed by atoms with Crippen molar-refractivity contribution in [2.75, 3.05) is 0 Å². The quantitative estimate of drug-likeness (QED) is 0.187. The fourth-order valence-corrected chi connectivity index (χ4v) is 4.39. The molecule has 5 rings (SSSR count). The lowest BCUT2D eigenvalue weighted by atomic mass is 9.96. The Bertz CT molecular complexity index is 1580. The number of hydrogen-bond acceptors (Lipinski definition) is 2. The predicted octanol–water partition coefficient (Wildman–Crippen LogP) is 11.3. The molecule has 0 bridgehead atoms. The second-order valence-electron chi connectivity index (χ2n) is 9.83. The van der Waals surface area contributed by atoms with Crippen molar-refractivity contribution in [1.29, 1.82) is 0 Å². The summed E-state index contributed by atoms with van der Waals surface area (Å²) in [5.74, 6) is -0.192. The molecule has 0 aliphatic heterocycles. The van der Waals surface area contributed by atoms with Gasteiger partial charge in [-0.2, -0.15) is 26.3 Å². The molecule has 42 heavy (non-hydrogen) atoms. The van der Waals surface area contributed by atoms with Crippen LogP contribution >= 0.6 is 0 Å². The first-order valence-electron chi connectivity index (χ1n) is 12.9. The van der Waals surface area contributed by atoms with Gasteiger partial charge < -0.3 is 9.47 Å². The van der Waals surface area contributed by atoms with Crippen molar-refractivity contribution < 1.29 is 35.8 Å². The smallest absolute Gasteiger partial charge is 0.420 e. The summed E-state index contributed by atoms with van der Waals surface area (Å²) in [6.07, 6.45) is -9.41. The number of halogens is 6. The van der Waals surface area contributed by atoms with Gasteiger partial charge in [-0.1, -0.05) is 65.7 Å². The van der Waals surface area contributed by atoms with Gasteiger partial charge >= 0.3 is 12.4 Å². The minimum Gasteiger partial charge on any atom is -0.457 e. The van der Waals surface area contributed by atoms with Crippen molar-refractivity contribution in [3.8, 4) is 45.3 Å². The van der Waals surface area contributed by atoms with Gasteiger partial charge in [0.05, 0.1) is 11.1 Å². The van der Waals surface area contributed by atoms with E-state index in [2.05, 4.69) is 0 Å². The Morgan fingerprint density at radius 3 is 1.14 bits per heavy atom. The van der Waals surface area contributed by atoms with Crippen LogP contribution in [-0.2, 0) is 12.4 Å². The standard InChI is InChI=1S/C34H24F6O2/c1-21-6-12-27(13-7-21)41-31-16-10-25(19-29(31)33(35,36)37)23-4-3-5-24(18-23)26-11-17-32(30(20-26)34(38,39)40)42-28-14-8-22(2)9-15-28/h3-20H,1-2H3. The van der Waals surface area contributed by atoms with Gasteiger partial charge in [0, 0.05) is 0 Å². The van der Waals surface area contributed by atoms with Crippen molar-refractivity contribution in [1.82, 2.24) is 0 Å². The number of rotatable bonds is 6. The maximum absolute atomic E-state index is 14.0. The molecule has 0 N–H and O–H groups in total. The molecule has 8 heteroatoms. The summed E-state index contributed by atoms with van der Waals surface area (Å²) in [5, 5.41) is 0. The van der Waals surface area contributed by atoms with Crippen LogP contribution in [0, 0.1) is 13.8 Å². The zero-order valence-electron chi connectivity index (χ0n) is 22.5. The van der Waals surface area contributed by atoms with E-state index in [4.69, 9.17) is 9.47 Å². The van der Waals surface area contributed by atoms with Crippen molar-refractivity contribution in [3.05, 3.63) is 131 Å². The first-order valence-corrected chi connectivity index (χ1v) is 12.9. The lowest BCUT2D eigenvalue weighted by Crippen LogP contribution is -2.07. The van der Waals surface area contributed by atoms with Crippen molar-refractivity contribution in [2.45, 2.75) is 26.2 Å². The average Bonchev–Trinajstić information content (AvgIpc) is 2.95. The van der Waals surface area contributed by atoms with Crippen molar-refractivity contribution >= 4 is 0 Å². The highest BCUT2D eigenvalue weighted by Gasteiger charge is 2.36. The van der Waals surface area contributed by atoms with E-state index in [9.17, 15) is 26.3 Å². The van der Waals surface area contributed by atoms with Gasteiger partial charge in [-0.3, -0.25) is 0 Å². The highest BCUT2D eigenvalue weighted by Crippen LogP contribution is 2.43. The summed E-state index contributed by atoms with van der Waals surface area (Å²) in [5.41, 5.74) is 1.19. The van der Waals surface area contributed by atoms with Crippen molar-refractivity contribution in [2.24, 2.45) is 0 Å². The highest BCUT2D eigenvalue weighted by atomic mass is 19.4. The third-order valence-electron chi connectivity index (χ3n) is 6.60. The molecule has 0 fully saturated rings. The Morgan fingerprint density at radius 2 is 0.786 bits per heavy atom. The van der Waals surface area contributed by atoms with E-state index in [1.165, 1.54) is 24.3 Å². The topological polar surface area (TPSA) is 18.5 Å². The molecule has 2 nitrogen and oxygen atoms in total. The third-order valence-corrected chi connectivity index (χ3v) is 6.60. The number of ether oxygens (including phenoxy) is 2. The lowest BCUT2D eigenvalue weighted by Gasteiger charge is -2.17. The molecule has 0 aliphatic rings. The summed E-state index contributed by atoms with van der Waals surface area (Å²) < 4.78 is 95.2. The molecule has 5 aromatic rings. The van der Waals surface area contributed by atoms with Crippen LogP contribution < -0.4 is 9.47 Å². The molecule has 0 aromatic heterocycles. The molecule has 0 spiro atoms. The van der Waals surface area contributed by atoms with Crippen molar-refractivity contribution in [3.63, 3.8) is 0 Å². The monoisotopic (exact) mass is 578 g/mol. The first kappa shape index (κ1) is 28.8. The minimum atomic E-state index is -4.71. The van der Waals surface area contributed by atoms with Crippen LogP contribution in [0.5, 0.6) is 23.0 Å². The van der Waals surface area contributed by atoms with Crippen LogP contribution in [0.4, 0.5) is 26.3 Å². The van der Waals surface area contributed by atoms with E-state index in [0.29, 0.717) is 11.1 Å². The molecular formula is C34H24F6O2. The molecule has 0 saturated heterocycles. The number of hydrogen-bond donors (Lipinski definition) is 0. The normalized spacial score (nSPS) is 11.8. The average molecular weight is 579 g/mol. The molecule has 0 aliphatic carbocycles. The van der Waals surface area contributed by atoms with E-state index in [0.717, 1.165) is 23.3 Å². The van der Waals surface area contributed by atoms with Gasteiger partial charge in [-0.25, -0.2) is 0 Å². The molecule has 214 valence electrons. The molecule has 5 aromatic carbocycles. The molecule has 0 amide bonds. The molecule has 0 atom stereocenters. The molecular weight excluding hydrogens is 554 g/mol. The third kappa shape index (κ3) is 6.60. The summed E-state index contributed by atoms with van der Waals surface area (Å²) in [7, 11) is 0. The second-order valence-corrected chi connectivity index (χ2v) is 9.83. The Morgan fingerprint density at radius 1 is 0.429 bits per heavy atom. The van der Waals surface area contributed by atoms with E-state index in [1.54, 1.807) is 72.8 Å². The highest BCUT2D eigenvalue weighted by molar-refractivity contribution is 5.75. The fourth-order valence-electron chi connectivity index (χ4n) is 4.39. The Labute approximate surface area is 238 Å². The van der Waals surface area contributed by atoms with Crippen LogP contribution in [0.25, 0.3) is 22.3 Å². The maximum Gasteiger partial charge on any atom is 0.420 e. The fraction of sp³-hybridized carbons (Fsp3) is 0.118. The second kappa shape index (κ2) is 11.3. The zero-order valence-corrected chi connectivity index (χ0v) is 22.5. The maximum atomic E-state index is 14.0. The number of benzene rings is 5. The Hall–Kier alpha value is -4.72. The zero-order chi connectivity index (χ0) is 30.1. The number of aryl methyl sites for hydroxylation is 2. The summed E-state index contributed by atoms with van der Waals surface area (Å²) in [6, 6.07) is 27.0. The molecule has 0 heterocycles. The van der Waals surface area contributed by atoms with Gasteiger partial charge in [-0.05, 0) is 90.7 Å². The Balaban J connectivity index is 1.49. The van der Waals surface area contributed by atoms with E-state index >= 15 is 0 Å². The van der Waals surface area contributed by atoms with Crippen LogP contribution in [0.2, 0.25) is 0 Å². The van der Waals surface area contributed by atoms with Gasteiger partial charge in [0.1, 0.15) is 23.0 Å². The minimum absolute atomic E-state index is 0.232. The lowest BCUT2D eigenvalue weighted by molar-refractivity contribution is -0.139. The van der Waals surface area contributed by atoms with Crippen LogP contribution in [0.15, 0.2) is 109 Å².